The van der Waals surface area contributed by atoms with Crippen molar-refractivity contribution in [2.45, 2.75) is 26.3 Å². The fraction of sp³-hybridized carbons (Fsp3) is 0.250. The first-order chi connectivity index (χ1) is 17.0. The number of hydrogen-bond donors (Lipinski definition) is 1. The van der Waals surface area contributed by atoms with Gasteiger partial charge in [-0.3, -0.25) is 4.99 Å². The van der Waals surface area contributed by atoms with Crippen molar-refractivity contribution in [3.8, 4) is 16.9 Å². The molecule has 1 aliphatic heterocycles. The highest BCUT2D eigenvalue weighted by Gasteiger charge is 2.18. The van der Waals surface area contributed by atoms with Gasteiger partial charge in [0, 0.05) is 37.7 Å². The molecule has 0 amide bonds. The van der Waals surface area contributed by atoms with Crippen LogP contribution in [0, 0.1) is 0 Å². The van der Waals surface area contributed by atoms with Crippen LogP contribution in [0.3, 0.4) is 0 Å². The Bertz CT molecular complexity index is 1410. The molecular weight excluding hydrogens is 440 g/mol. The van der Waals surface area contributed by atoms with E-state index in [-0.39, 0.29) is 0 Å². The molecule has 35 heavy (non-hydrogen) atoms. The maximum Gasteiger partial charge on any atom is 0.511 e. The molecule has 7 nitrogen and oxygen atoms in total. The molecule has 0 spiro atoms. The third-order valence-electron chi connectivity index (χ3n) is 6.31. The number of likely N-dealkylation sites (N-methyl/N-ethyl adjacent to an activating group) is 1. The van der Waals surface area contributed by atoms with Gasteiger partial charge in [0.05, 0.1) is 17.6 Å². The minimum atomic E-state index is -1.32. The molecular formula is C28H28N4O3. The number of aliphatic imine (C=N–C) groups is 1. The summed E-state index contributed by atoms with van der Waals surface area (Å²) in [6.45, 7) is 4.64. The third kappa shape index (κ3) is 4.62. The summed E-state index contributed by atoms with van der Waals surface area (Å²) < 4.78 is 7.26. The average molecular weight is 469 g/mol. The molecule has 0 saturated heterocycles. The summed E-state index contributed by atoms with van der Waals surface area (Å²) in [4.78, 5) is 22.9. The van der Waals surface area contributed by atoms with Crippen molar-refractivity contribution in [2.75, 3.05) is 20.1 Å². The molecule has 7 heteroatoms. The van der Waals surface area contributed by atoms with Crippen molar-refractivity contribution < 1.29 is 14.6 Å². The van der Waals surface area contributed by atoms with E-state index in [4.69, 9.17) is 14.8 Å². The molecule has 0 atom stereocenters. The first-order valence-corrected chi connectivity index (χ1v) is 11.9. The first kappa shape index (κ1) is 22.7. The zero-order chi connectivity index (χ0) is 24.4. The summed E-state index contributed by atoms with van der Waals surface area (Å²) in [5, 5.41) is 9.04. The number of amidine groups is 1. The van der Waals surface area contributed by atoms with Crippen molar-refractivity contribution in [3.05, 3.63) is 83.7 Å². The van der Waals surface area contributed by atoms with Gasteiger partial charge in [0.15, 0.2) is 0 Å². The maximum atomic E-state index is 11.1. The number of aryl methyl sites for hydroxylation is 1. The second kappa shape index (κ2) is 9.62. The highest BCUT2D eigenvalue weighted by Crippen LogP contribution is 2.30. The molecule has 0 saturated carbocycles. The Morgan fingerprint density at radius 2 is 1.83 bits per heavy atom. The fourth-order valence-electron chi connectivity index (χ4n) is 4.61. The predicted molar refractivity (Wildman–Crippen MR) is 137 cm³/mol. The number of aromatic nitrogens is 2. The third-order valence-corrected chi connectivity index (χ3v) is 6.31. The molecule has 5 rings (SSSR count). The summed E-state index contributed by atoms with van der Waals surface area (Å²) in [5.74, 6) is 2.43. The number of fused-ring (bicyclic) bond motifs is 1. The second-order valence-electron chi connectivity index (χ2n) is 8.76. The van der Waals surface area contributed by atoms with E-state index in [1.165, 1.54) is 0 Å². The molecule has 0 unspecified atom stereocenters. The molecule has 1 aliphatic rings. The topological polar surface area (TPSA) is 80.0 Å². The number of para-hydroxylation sites is 1. The number of hydrogen-bond acceptors (Lipinski definition) is 5. The number of imidazole rings is 1. The Morgan fingerprint density at radius 3 is 2.54 bits per heavy atom. The van der Waals surface area contributed by atoms with E-state index >= 15 is 0 Å². The van der Waals surface area contributed by atoms with E-state index in [1.807, 2.05) is 24.3 Å². The van der Waals surface area contributed by atoms with Crippen LogP contribution in [0.5, 0.6) is 5.75 Å². The molecule has 1 N–H and O–H groups in total. The molecule has 2 heterocycles. The van der Waals surface area contributed by atoms with Crippen LogP contribution in [0.1, 0.15) is 30.3 Å². The summed E-state index contributed by atoms with van der Waals surface area (Å²) >= 11 is 0. The monoisotopic (exact) mass is 468 g/mol. The zero-order valence-corrected chi connectivity index (χ0v) is 19.9. The Balaban J connectivity index is 1.48. The van der Waals surface area contributed by atoms with Gasteiger partial charge in [0.1, 0.15) is 17.4 Å². The molecule has 0 radical (unpaired) electrons. The van der Waals surface area contributed by atoms with E-state index < -0.39 is 6.16 Å². The van der Waals surface area contributed by atoms with E-state index in [9.17, 15) is 4.79 Å². The van der Waals surface area contributed by atoms with Gasteiger partial charge >= 0.3 is 6.16 Å². The Kier molecular flexibility index (Phi) is 6.23. The highest BCUT2D eigenvalue weighted by molar-refractivity contribution is 6.02. The number of ether oxygens (including phenoxy) is 1. The van der Waals surface area contributed by atoms with Crippen LogP contribution in [0.25, 0.3) is 22.2 Å². The van der Waals surface area contributed by atoms with Crippen LogP contribution < -0.4 is 4.74 Å². The van der Waals surface area contributed by atoms with Gasteiger partial charge in [-0.15, -0.1) is 0 Å². The number of nitrogens with zero attached hydrogens (tertiary/aromatic N) is 4. The number of benzene rings is 3. The Hall–Kier alpha value is -4.13. The van der Waals surface area contributed by atoms with E-state index in [2.05, 4.69) is 58.8 Å². The predicted octanol–water partition coefficient (Wildman–Crippen LogP) is 5.45. The maximum absolute atomic E-state index is 11.1. The summed E-state index contributed by atoms with van der Waals surface area (Å²) in [6, 6.07) is 21.7. The van der Waals surface area contributed by atoms with E-state index in [0.717, 1.165) is 70.9 Å². The minimum Gasteiger partial charge on any atom is -0.449 e. The van der Waals surface area contributed by atoms with Crippen LogP contribution in [0.4, 0.5) is 4.79 Å². The van der Waals surface area contributed by atoms with Gasteiger partial charge < -0.3 is 19.3 Å². The molecule has 178 valence electrons. The molecule has 3 aromatic carbocycles. The number of carbonyl (C=O) groups is 1. The first-order valence-electron chi connectivity index (χ1n) is 11.9. The van der Waals surface area contributed by atoms with Gasteiger partial charge in [-0.1, -0.05) is 49.4 Å². The van der Waals surface area contributed by atoms with Crippen molar-refractivity contribution in [3.63, 3.8) is 0 Å². The van der Waals surface area contributed by atoms with Gasteiger partial charge in [0.25, 0.3) is 0 Å². The lowest BCUT2D eigenvalue weighted by Crippen LogP contribution is -2.23. The van der Waals surface area contributed by atoms with Crippen molar-refractivity contribution in [2.24, 2.45) is 4.99 Å². The van der Waals surface area contributed by atoms with Gasteiger partial charge in [-0.05, 0) is 41.8 Å². The fourth-order valence-corrected chi connectivity index (χ4v) is 4.61. The Labute approximate surface area is 204 Å². The SMILES string of the molecule is CCCc1nc2ccc(C3=NCCN3C)cc2n1Cc1ccc(-c2ccccc2OC(=O)O)cc1. The van der Waals surface area contributed by atoms with E-state index in [1.54, 1.807) is 12.1 Å². The van der Waals surface area contributed by atoms with Crippen molar-refractivity contribution >= 4 is 23.0 Å². The number of rotatable bonds is 7. The normalized spacial score (nSPS) is 13.3. The van der Waals surface area contributed by atoms with Crippen molar-refractivity contribution in [1.29, 1.82) is 0 Å². The van der Waals surface area contributed by atoms with Gasteiger partial charge in [0.2, 0.25) is 0 Å². The van der Waals surface area contributed by atoms with Crippen LogP contribution >= 0.6 is 0 Å². The second-order valence-corrected chi connectivity index (χ2v) is 8.76. The standard InChI is InChI=1S/C28H28N4O3/c1-3-6-26-30-23-14-13-21(27-29-15-16-31(27)2)17-24(23)32(26)18-19-9-11-20(12-10-19)22-7-4-5-8-25(22)35-28(33)34/h4-5,7-14,17H,3,6,15-16,18H2,1-2H3,(H,33,34). The minimum absolute atomic E-state index is 0.325. The molecule has 0 bridgehead atoms. The largest absolute Gasteiger partial charge is 0.511 e. The summed E-state index contributed by atoms with van der Waals surface area (Å²) in [7, 11) is 2.08. The summed E-state index contributed by atoms with van der Waals surface area (Å²) in [6.07, 6.45) is 0.604. The molecule has 4 aromatic rings. The highest BCUT2D eigenvalue weighted by atomic mass is 16.7. The van der Waals surface area contributed by atoms with Crippen LogP contribution in [-0.2, 0) is 13.0 Å². The Morgan fingerprint density at radius 1 is 1.06 bits per heavy atom. The average Bonchev–Trinajstić information content (AvgIpc) is 3.43. The quantitative estimate of drug-likeness (QED) is 0.288. The van der Waals surface area contributed by atoms with E-state index in [0.29, 0.717) is 12.3 Å². The number of carboxylic acid groups (broad SMARTS) is 1. The smallest absolute Gasteiger partial charge is 0.449 e. The van der Waals surface area contributed by atoms with Gasteiger partial charge in [-0.25, -0.2) is 9.78 Å². The zero-order valence-electron chi connectivity index (χ0n) is 19.9. The lowest BCUT2D eigenvalue weighted by molar-refractivity contribution is 0.144. The van der Waals surface area contributed by atoms with Gasteiger partial charge in [-0.2, -0.15) is 0 Å². The lowest BCUT2D eigenvalue weighted by Gasteiger charge is -2.14. The van der Waals surface area contributed by atoms with Crippen molar-refractivity contribution in [1.82, 2.24) is 14.5 Å². The lowest BCUT2D eigenvalue weighted by atomic mass is 10.0. The molecule has 0 fully saturated rings. The summed E-state index contributed by atoms with van der Waals surface area (Å²) in [5.41, 5.74) is 6.01. The van der Waals surface area contributed by atoms with Crippen LogP contribution in [-0.4, -0.2) is 51.7 Å². The van der Waals surface area contributed by atoms with Crippen LogP contribution in [0.15, 0.2) is 71.7 Å². The molecule has 1 aromatic heterocycles. The molecule has 0 aliphatic carbocycles. The van der Waals surface area contributed by atoms with Crippen LogP contribution in [0.2, 0.25) is 0 Å².